The molecule has 0 bridgehead atoms. The fourth-order valence-corrected chi connectivity index (χ4v) is 4.37. The van der Waals surface area contributed by atoms with Gasteiger partial charge in [-0.05, 0) is 97.8 Å². The second-order valence-electron chi connectivity index (χ2n) is 9.65. The molecule has 0 atom stereocenters. The summed E-state index contributed by atoms with van der Waals surface area (Å²) in [5.41, 5.74) is 0.132. The molecule has 2 aromatic rings. The number of methoxy groups -OCH3 is 1. The van der Waals surface area contributed by atoms with Gasteiger partial charge in [-0.1, -0.05) is 29.8 Å². The van der Waals surface area contributed by atoms with Gasteiger partial charge in [0.15, 0.2) is 11.6 Å². The van der Waals surface area contributed by atoms with E-state index in [9.17, 15) is 14.3 Å². The van der Waals surface area contributed by atoms with Crippen LogP contribution in [0.4, 0.5) is 4.39 Å². The van der Waals surface area contributed by atoms with Gasteiger partial charge in [0.25, 0.3) is 5.91 Å². The van der Waals surface area contributed by atoms with E-state index in [2.05, 4.69) is 4.99 Å². The molecular formula is C27H29ClFIN2O4. The van der Waals surface area contributed by atoms with Crippen LogP contribution < -0.4 is 0 Å². The molecule has 6 nitrogen and oxygen atoms in total. The number of amides is 1. The predicted molar refractivity (Wildman–Crippen MR) is 150 cm³/mol. The van der Waals surface area contributed by atoms with E-state index in [-0.39, 0.29) is 18.2 Å². The van der Waals surface area contributed by atoms with Crippen LogP contribution in [0.25, 0.3) is 12.2 Å². The minimum Gasteiger partial charge on any atom is -0.504 e. The summed E-state index contributed by atoms with van der Waals surface area (Å²) in [6.45, 7) is 8.24. The van der Waals surface area contributed by atoms with Crippen LogP contribution in [-0.4, -0.2) is 53.2 Å². The van der Waals surface area contributed by atoms with Crippen molar-refractivity contribution in [2.75, 3.05) is 20.3 Å². The van der Waals surface area contributed by atoms with E-state index in [1.54, 1.807) is 36.3 Å². The average Bonchev–Trinajstić information content (AvgIpc) is 3.11. The number of carbonyl (C=O) groups excluding carboxylic acids is 1. The van der Waals surface area contributed by atoms with Gasteiger partial charge in [0.05, 0.1) is 27.9 Å². The molecule has 36 heavy (non-hydrogen) atoms. The molecule has 1 amide bonds. The molecule has 9 heteroatoms. The molecule has 192 valence electrons. The molecule has 0 fully saturated rings. The van der Waals surface area contributed by atoms with Crippen molar-refractivity contribution in [2.45, 2.75) is 38.8 Å². The second kappa shape index (κ2) is 11.4. The number of ether oxygens (including phenoxy) is 2. The molecule has 0 aliphatic carbocycles. The summed E-state index contributed by atoms with van der Waals surface area (Å²) in [4.78, 5) is 19.7. The Morgan fingerprint density at radius 1 is 1.11 bits per heavy atom. The Labute approximate surface area is 229 Å². The lowest BCUT2D eigenvalue weighted by Gasteiger charge is -2.38. The Balaban J connectivity index is 1.99. The summed E-state index contributed by atoms with van der Waals surface area (Å²) in [6, 6.07) is 10.0. The van der Waals surface area contributed by atoms with Gasteiger partial charge >= 0.3 is 0 Å². The number of hydrogen-bond acceptors (Lipinski definition) is 5. The number of aliphatic imine (C=N–C) groups is 1. The molecule has 1 heterocycles. The van der Waals surface area contributed by atoms with Crippen LogP contribution >= 0.6 is 34.2 Å². The van der Waals surface area contributed by atoms with Crippen LogP contribution in [0.15, 0.2) is 53.2 Å². The zero-order chi connectivity index (χ0) is 26.7. The van der Waals surface area contributed by atoms with Crippen molar-refractivity contribution < 1.29 is 23.8 Å². The van der Waals surface area contributed by atoms with E-state index in [0.717, 1.165) is 5.56 Å². The molecular weight excluding hydrogens is 598 g/mol. The van der Waals surface area contributed by atoms with Gasteiger partial charge in [-0.2, -0.15) is 0 Å². The highest BCUT2D eigenvalue weighted by molar-refractivity contribution is 14.1. The number of carbonyl (C=O) groups is 1. The highest BCUT2D eigenvalue weighted by Crippen LogP contribution is 2.30. The van der Waals surface area contributed by atoms with E-state index < -0.39 is 22.7 Å². The number of phenols is 1. The zero-order valence-electron chi connectivity index (χ0n) is 20.8. The number of phenolic OH excluding ortho intramolecular Hbond substituents is 1. The molecule has 0 saturated heterocycles. The Morgan fingerprint density at radius 2 is 1.78 bits per heavy atom. The van der Waals surface area contributed by atoms with Gasteiger partial charge in [-0.25, -0.2) is 9.38 Å². The third-order valence-corrected chi connectivity index (χ3v) is 6.51. The average molecular weight is 627 g/mol. The van der Waals surface area contributed by atoms with Gasteiger partial charge < -0.3 is 14.6 Å². The molecule has 1 aliphatic heterocycles. The minimum atomic E-state index is -0.768. The minimum absolute atomic E-state index is 0.149. The van der Waals surface area contributed by atoms with E-state index in [1.165, 1.54) is 12.1 Å². The van der Waals surface area contributed by atoms with E-state index in [4.69, 9.17) is 21.1 Å². The van der Waals surface area contributed by atoms with E-state index >= 15 is 0 Å². The maximum absolute atomic E-state index is 14.1. The van der Waals surface area contributed by atoms with Crippen molar-refractivity contribution in [3.05, 3.63) is 73.7 Å². The van der Waals surface area contributed by atoms with Crippen LogP contribution in [0.3, 0.4) is 0 Å². The number of halogens is 3. The third-order valence-electron chi connectivity index (χ3n) is 5.44. The van der Waals surface area contributed by atoms with E-state index in [1.807, 2.05) is 68.5 Å². The van der Waals surface area contributed by atoms with Crippen LogP contribution in [-0.2, 0) is 14.3 Å². The molecule has 2 aromatic carbocycles. The normalized spacial score (nSPS) is 15.9. The molecule has 1 aliphatic rings. The first kappa shape index (κ1) is 28.3. The molecule has 0 saturated carbocycles. The van der Waals surface area contributed by atoms with Gasteiger partial charge in [0.1, 0.15) is 11.5 Å². The third kappa shape index (κ3) is 6.94. The van der Waals surface area contributed by atoms with Crippen molar-refractivity contribution >= 4 is 58.1 Å². The predicted octanol–water partition coefficient (Wildman–Crippen LogP) is 6.30. The first-order chi connectivity index (χ1) is 16.8. The molecule has 0 unspecified atom stereocenters. The topological polar surface area (TPSA) is 71.4 Å². The number of hydrogen-bond donors (Lipinski definition) is 1. The maximum atomic E-state index is 14.1. The lowest BCUT2D eigenvalue weighted by molar-refractivity contribution is -0.132. The van der Waals surface area contributed by atoms with Gasteiger partial charge in [0.2, 0.25) is 0 Å². The Kier molecular flexibility index (Phi) is 8.97. The summed E-state index contributed by atoms with van der Waals surface area (Å²) in [6.07, 6.45) is 5.10. The first-order valence-electron chi connectivity index (χ1n) is 11.2. The van der Waals surface area contributed by atoms with Crippen molar-refractivity contribution in [2.24, 2.45) is 4.99 Å². The molecule has 0 aromatic heterocycles. The first-order valence-corrected chi connectivity index (χ1v) is 12.7. The Bertz CT molecular complexity index is 1200. The monoisotopic (exact) mass is 626 g/mol. The largest absolute Gasteiger partial charge is 0.504 e. The van der Waals surface area contributed by atoms with Crippen LogP contribution in [0.5, 0.6) is 5.75 Å². The van der Waals surface area contributed by atoms with Crippen molar-refractivity contribution in [1.29, 1.82) is 0 Å². The molecule has 3 rings (SSSR count). The summed E-state index contributed by atoms with van der Waals surface area (Å²) < 4.78 is 25.8. The van der Waals surface area contributed by atoms with Gasteiger partial charge in [-0.3, -0.25) is 9.69 Å². The van der Waals surface area contributed by atoms with Gasteiger partial charge in [-0.15, -0.1) is 0 Å². The van der Waals surface area contributed by atoms with Crippen molar-refractivity contribution in [3.8, 4) is 5.75 Å². The van der Waals surface area contributed by atoms with Crippen LogP contribution in [0, 0.1) is 9.39 Å². The lowest BCUT2D eigenvalue weighted by Crippen LogP contribution is -2.52. The summed E-state index contributed by atoms with van der Waals surface area (Å²) in [5, 5.41) is 10.4. The SMILES string of the molecule is COCC(C)(C)OCC(C)(C)N1C(=O)/C(=C/c2cc(F)c(O)c(I)c2)N=C1/C=C/c1ccc(Cl)cc1. The zero-order valence-corrected chi connectivity index (χ0v) is 23.7. The van der Waals surface area contributed by atoms with E-state index in [0.29, 0.717) is 26.6 Å². The summed E-state index contributed by atoms with van der Waals surface area (Å²) in [5.74, 6) is -1.11. The van der Waals surface area contributed by atoms with Gasteiger partial charge in [0, 0.05) is 12.1 Å². The number of nitrogens with zero attached hydrogens (tertiary/aromatic N) is 2. The molecule has 0 spiro atoms. The standard InChI is InChI=1S/C27H29ClFIN2O4/c1-26(2,15-36-27(3,4)16-35-5)32-23(11-8-17-6-9-19(28)10-7-17)31-22(25(32)34)14-18-12-20(29)24(33)21(30)13-18/h6-14,33H,15-16H2,1-5H3/b11-8+,22-14-. The summed E-state index contributed by atoms with van der Waals surface area (Å²) in [7, 11) is 1.61. The molecule has 1 N–H and O–H groups in total. The fourth-order valence-electron chi connectivity index (χ4n) is 3.63. The lowest BCUT2D eigenvalue weighted by atomic mass is 10.0. The number of rotatable bonds is 9. The Hall–Kier alpha value is -2.27. The number of aromatic hydroxyl groups is 1. The van der Waals surface area contributed by atoms with Crippen molar-refractivity contribution in [3.63, 3.8) is 0 Å². The maximum Gasteiger partial charge on any atom is 0.278 e. The number of amidine groups is 1. The van der Waals surface area contributed by atoms with Crippen LogP contribution in [0.2, 0.25) is 5.02 Å². The fraction of sp³-hybridized carbons (Fsp3) is 0.333. The highest BCUT2D eigenvalue weighted by atomic mass is 127. The quantitative estimate of drug-likeness (QED) is 0.262. The smallest absolute Gasteiger partial charge is 0.278 e. The Morgan fingerprint density at radius 3 is 2.39 bits per heavy atom. The van der Waals surface area contributed by atoms with Crippen molar-refractivity contribution in [1.82, 2.24) is 4.90 Å². The van der Waals surface area contributed by atoms with Crippen LogP contribution in [0.1, 0.15) is 38.8 Å². The second-order valence-corrected chi connectivity index (χ2v) is 11.3. The summed E-state index contributed by atoms with van der Waals surface area (Å²) >= 11 is 7.83. The number of benzene rings is 2. The highest BCUT2D eigenvalue weighted by Gasteiger charge is 2.41. The molecule has 0 radical (unpaired) electrons.